The van der Waals surface area contributed by atoms with E-state index in [1.165, 1.54) is 0 Å². The van der Waals surface area contributed by atoms with Crippen LogP contribution in [0, 0.1) is 0 Å². The highest BCUT2D eigenvalue weighted by molar-refractivity contribution is 5.94. The molecule has 0 saturated heterocycles. The molecule has 1 aromatic carbocycles. The number of nitrogens with zero attached hydrogens (tertiary/aromatic N) is 2. The molecule has 2 aromatic rings. The number of benzene rings is 1. The second kappa shape index (κ2) is 6.15. The summed E-state index contributed by atoms with van der Waals surface area (Å²) in [5.41, 5.74) is 8.26. The molecule has 0 saturated carbocycles. The summed E-state index contributed by atoms with van der Waals surface area (Å²) in [4.78, 5) is 12.0. The number of nitrogens with two attached hydrogens (primary N) is 1. The molecular formula is C14H18N4O. The van der Waals surface area contributed by atoms with E-state index < -0.39 is 0 Å². The third kappa shape index (κ3) is 3.42. The van der Waals surface area contributed by atoms with Gasteiger partial charge in [-0.1, -0.05) is 12.1 Å². The van der Waals surface area contributed by atoms with Gasteiger partial charge in [0.15, 0.2) is 0 Å². The number of carbonyl (C=O) groups excluding carboxylic acids is 1. The van der Waals surface area contributed by atoms with Crippen LogP contribution in [0.4, 0.5) is 0 Å². The lowest BCUT2D eigenvalue weighted by Crippen LogP contribution is -2.26. The number of nitrogens with one attached hydrogen (secondary N) is 1. The minimum Gasteiger partial charge on any atom is -0.352 e. The van der Waals surface area contributed by atoms with Gasteiger partial charge >= 0.3 is 0 Å². The van der Waals surface area contributed by atoms with Crippen LogP contribution in [0.2, 0.25) is 0 Å². The van der Waals surface area contributed by atoms with Crippen LogP contribution in [0.1, 0.15) is 21.6 Å². The second-order valence-electron chi connectivity index (χ2n) is 4.36. The van der Waals surface area contributed by atoms with Gasteiger partial charge in [-0.05, 0) is 23.8 Å². The van der Waals surface area contributed by atoms with Gasteiger partial charge in [-0.25, -0.2) is 0 Å². The highest BCUT2D eigenvalue weighted by Crippen LogP contribution is 2.04. The van der Waals surface area contributed by atoms with Crippen LogP contribution in [-0.2, 0) is 20.0 Å². The first-order chi connectivity index (χ1) is 9.20. The number of rotatable bonds is 5. The molecule has 0 radical (unpaired) electrons. The van der Waals surface area contributed by atoms with Crippen molar-refractivity contribution in [2.24, 2.45) is 12.8 Å². The summed E-state index contributed by atoms with van der Waals surface area (Å²) in [7, 11) is 1.89. The van der Waals surface area contributed by atoms with E-state index in [2.05, 4.69) is 10.4 Å². The third-order valence-electron chi connectivity index (χ3n) is 3.01. The maximum absolute atomic E-state index is 12.0. The average Bonchev–Trinajstić information content (AvgIpc) is 2.84. The first-order valence-electron chi connectivity index (χ1n) is 6.25. The van der Waals surface area contributed by atoms with Gasteiger partial charge in [0.2, 0.25) is 0 Å². The van der Waals surface area contributed by atoms with Gasteiger partial charge in [0.25, 0.3) is 5.91 Å². The van der Waals surface area contributed by atoms with Crippen molar-refractivity contribution in [2.75, 3.05) is 6.54 Å². The Morgan fingerprint density at radius 2 is 2.26 bits per heavy atom. The first-order valence-corrected chi connectivity index (χ1v) is 6.25. The molecule has 0 bridgehead atoms. The van der Waals surface area contributed by atoms with Crippen LogP contribution in [0.25, 0.3) is 0 Å². The summed E-state index contributed by atoms with van der Waals surface area (Å²) in [6, 6.07) is 9.31. The zero-order chi connectivity index (χ0) is 13.7. The molecule has 1 amide bonds. The summed E-state index contributed by atoms with van der Waals surface area (Å²) < 4.78 is 1.81. The Labute approximate surface area is 112 Å². The van der Waals surface area contributed by atoms with E-state index in [1.54, 1.807) is 16.9 Å². The molecule has 0 fully saturated rings. The van der Waals surface area contributed by atoms with E-state index in [-0.39, 0.29) is 5.91 Å². The molecule has 5 nitrogen and oxygen atoms in total. The normalized spacial score (nSPS) is 10.4. The van der Waals surface area contributed by atoms with E-state index in [9.17, 15) is 4.79 Å². The molecule has 0 unspecified atom stereocenters. The first kappa shape index (κ1) is 13.3. The molecular weight excluding hydrogens is 240 g/mol. The predicted octanol–water partition coefficient (Wildman–Crippen LogP) is 0.851. The molecule has 1 heterocycles. The summed E-state index contributed by atoms with van der Waals surface area (Å²) in [5.74, 6) is -0.0718. The second-order valence-corrected chi connectivity index (χ2v) is 4.36. The Morgan fingerprint density at radius 1 is 1.42 bits per heavy atom. The van der Waals surface area contributed by atoms with Gasteiger partial charge in [-0.3, -0.25) is 9.48 Å². The Morgan fingerprint density at radius 3 is 2.95 bits per heavy atom. The maximum atomic E-state index is 12.0. The molecule has 3 N–H and O–H groups in total. The average molecular weight is 258 g/mol. The summed E-state index contributed by atoms with van der Waals surface area (Å²) in [5, 5.41) is 6.98. The smallest absolute Gasteiger partial charge is 0.251 e. The van der Waals surface area contributed by atoms with E-state index in [0.29, 0.717) is 18.7 Å². The fourth-order valence-corrected chi connectivity index (χ4v) is 1.89. The number of aryl methyl sites for hydroxylation is 1. The van der Waals surface area contributed by atoms with Crippen molar-refractivity contribution >= 4 is 5.91 Å². The van der Waals surface area contributed by atoms with Gasteiger partial charge in [-0.2, -0.15) is 5.10 Å². The Hall–Kier alpha value is -2.14. The quantitative estimate of drug-likeness (QED) is 0.835. The van der Waals surface area contributed by atoms with Crippen molar-refractivity contribution in [2.45, 2.75) is 13.0 Å². The molecule has 0 aliphatic heterocycles. The zero-order valence-electron chi connectivity index (χ0n) is 11.0. The van der Waals surface area contributed by atoms with E-state index >= 15 is 0 Å². The number of aromatic nitrogens is 2. The van der Waals surface area contributed by atoms with Crippen molar-refractivity contribution in [1.82, 2.24) is 15.1 Å². The molecule has 19 heavy (non-hydrogen) atoms. The highest BCUT2D eigenvalue weighted by Gasteiger charge is 2.06. The van der Waals surface area contributed by atoms with Crippen LogP contribution >= 0.6 is 0 Å². The maximum Gasteiger partial charge on any atom is 0.251 e. The third-order valence-corrected chi connectivity index (χ3v) is 3.01. The van der Waals surface area contributed by atoms with Crippen LogP contribution in [-0.4, -0.2) is 22.2 Å². The van der Waals surface area contributed by atoms with Gasteiger partial charge < -0.3 is 11.1 Å². The molecule has 2 rings (SSSR count). The number of hydrogen-bond donors (Lipinski definition) is 2. The SMILES string of the molecule is Cn1nccc1CCNC(=O)c1cccc(CN)c1. The molecule has 100 valence electrons. The van der Waals surface area contributed by atoms with E-state index in [1.807, 2.05) is 31.3 Å². The number of amides is 1. The molecule has 0 aliphatic carbocycles. The van der Waals surface area contributed by atoms with Crippen molar-refractivity contribution in [1.29, 1.82) is 0 Å². The molecule has 5 heteroatoms. The van der Waals surface area contributed by atoms with E-state index in [4.69, 9.17) is 5.73 Å². The van der Waals surface area contributed by atoms with Crippen LogP contribution in [0.15, 0.2) is 36.5 Å². The minimum atomic E-state index is -0.0718. The van der Waals surface area contributed by atoms with Gasteiger partial charge in [0.05, 0.1) is 0 Å². The Kier molecular flexibility index (Phi) is 4.30. The van der Waals surface area contributed by atoms with Crippen LogP contribution < -0.4 is 11.1 Å². The van der Waals surface area contributed by atoms with Crippen molar-refractivity contribution in [3.63, 3.8) is 0 Å². The fourth-order valence-electron chi connectivity index (χ4n) is 1.89. The van der Waals surface area contributed by atoms with E-state index in [0.717, 1.165) is 17.7 Å². The standard InChI is InChI=1S/C14H18N4O/c1-18-13(6-8-17-18)5-7-16-14(19)12-4-2-3-11(9-12)10-15/h2-4,6,8-9H,5,7,10,15H2,1H3,(H,16,19). The summed E-state index contributed by atoms with van der Waals surface area (Å²) in [6.07, 6.45) is 2.51. The molecule has 0 atom stereocenters. The zero-order valence-corrected chi connectivity index (χ0v) is 11.0. The van der Waals surface area contributed by atoms with Gasteiger partial charge in [-0.15, -0.1) is 0 Å². The molecule has 0 spiro atoms. The lowest BCUT2D eigenvalue weighted by atomic mass is 10.1. The molecule has 1 aromatic heterocycles. The van der Waals surface area contributed by atoms with Crippen molar-refractivity contribution in [3.05, 3.63) is 53.3 Å². The Balaban J connectivity index is 1.89. The lowest BCUT2D eigenvalue weighted by molar-refractivity contribution is 0.0954. The summed E-state index contributed by atoms with van der Waals surface area (Å²) >= 11 is 0. The van der Waals surface area contributed by atoms with Crippen molar-refractivity contribution < 1.29 is 4.79 Å². The Bertz CT molecular complexity index is 562. The monoisotopic (exact) mass is 258 g/mol. The van der Waals surface area contributed by atoms with Crippen molar-refractivity contribution in [3.8, 4) is 0 Å². The lowest BCUT2D eigenvalue weighted by Gasteiger charge is -2.06. The highest BCUT2D eigenvalue weighted by atomic mass is 16.1. The largest absolute Gasteiger partial charge is 0.352 e. The van der Waals surface area contributed by atoms with Crippen LogP contribution in [0.5, 0.6) is 0 Å². The molecule has 0 aliphatic rings. The predicted molar refractivity (Wildman–Crippen MR) is 73.6 cm³/mol. The van der Waals surface area contributed by atoms with Gasteiger partial charge in [0, 0.05) is 44.0 Å². The minimum absolute atomic E-state index is 0.0718. The summed E-state index contributed by atoms with van der Waals surface area (Å²) in [6.45, 7) is 1.03. The number of carbonyl (C=O) groups is 1. The van der Waals surface area contributed by atoms with Gasteiger partial charge in [0.1, 0.15) is 0 Å². The van der Waals surface area contributed by atoms with Crippen LogP contribution in [0.3, 0.4) is 0 Å². The fraction of sp³-hybridized carbons (Fsp3) is 0.286. The number of hydrogen-bond acceptors (Lipinski definition) is 3. The topological polar surface area (TPSA) is 72.9 Å².